The first-order valence-electron chi connectivity index (χ1n) is 5.63. The lowest BCUT2D eigenvalue weighted by atomic mass is 9.87. The first-order valence-corrected chi connectivity index (χ1v) is 6.50. The van der Waals surface area contributed by atoms with Gasteiger partial charge in [0.2, 0.25) is 0 Å². The van der Waals surface area contributed by atoms with Crippen LogP contribution in [-0.2, 0) is 11.2 Å². The van der Waals surface area contributed by atoms with Crippen LogP contribution in [0.5, 0.6) is 0 Å². The van der Waals surface area contributed by atoms with Crippen molar-refractivity contribution in [2.45, 2.75) is 19.8 Å². The van der Waals surface area contributed by atoms with Gasteiger partial charge in [0.1, 0.15) is 5.76 Å². The molecule has 0 N–H and O–H groups in total. The second kappa shape index (κ2) is 4.08. The Balaban J connectivity index is 2.01. The zero-order chi connectivity index (χ0) is 11.8. The van der Waals surface area contributed by atoms with Gasteiger partial charge in [-0.25, -0.2) is 0 Å². The molecule has 3 rings (SSSR count). The monoisotopic (exact) mass is 244 g/mol. The van der Waals surface area contributed by atoms with Crippen molar-refractivity contribution in [1.82, 2.24) is 0 Å². The Bertz CT molecular complexity index is 555. The van der Waals surface area contributed by atoms with Gasteiger partial charge < -0.3 is 4.74 Å². The topological polar surface area (TPSA) is 26.3 Å². The summed E-state index contributed by atoms with van der Waals surface area (Å²) < 4.78 is 5.57. The van der Waals surface area contributed by atoms with Crippen LogP contribution in [0.1, 0.15) is 29.3 Å². The van der Waals surface area contributed by atoms with Crippen molar-refractivity contribution in [1.29, 1.82) is 0 Å². The van der Waals surface area contributed by atoms with Crippen molar-refractivity contribution in [3.63, 3.8) is 0 Å². The van der Waals surface area contributed by atoms with Crippen LogP contribution in [0.3, 0.4) is 0 Å². The van der Waals surface area contributed by atoms with Gasteiger partial charge in [0.05, 0.1) is 5.57 Å². The molecular weight excluding hydrogens is 232 g/mol. The number of Topliss-reactive ketones (excluding diaryl/α,β-unsaturated/α-hetero) is 1. The summed E-state index contributed by atoms with van der Waals surface area (Å²) in [7, 11) is 0. The second-order valence-electron chi connectivity index (χ2n) is 4.20. The predicted molar refractivity (Wildman–Crippen MR) is 68.6 cm³/mol. The molecule has 2 nitrogen and oxygen atoms in total. The van der Waals surface area contributed by atoms with Crippen LogP contribution < -0.4 is 0 Å². The molecule has 0 atom stereocenters. The molecule has 1 aliphatic heterocycles. The Kier molecular flexibility index (Phi) is 2.56. The summed E-state index contributed by atoms with van der Waals surface area (Å²) >= 11 is 1.51. The highest BCUT2D eigenvalue weighted by Crippen LogP contribution is 2.37. The smallest absolute Gasteiger partial charge is 0.193 e. The van der Waals surface area contributed by atoms with Gasteiger partial charge in [-0.1, -0.05) is 36.0 Å². The maximum Gasteiger partial charge on any atom is 0.193 e. The normalized spacial score (nSPS) is 23.1. The number of carbonyl (C=O) groups is 1. The molecule has 3 heteroatoms. The highest BCUT2D eigenvalue weighted by Gasteiger charge is 2.27. The molecule has 2 aliphatic rings. The average Bonchev–Trinajstić information content (AvgIpc) is 2.77. The van der Waals surface area contributed by atoms with Crippen molar-refractivity contribution in [2.75, 3.05) is 0 Å². The van der Waals surface area contributed by atoms with Crippen molar-refractivity contribution in [3.8, 4) is 0 Å². The van der Waals surface area contributed by atoms with Gasteiger partial charge in [0, 0.05) is 11.0 Å². The van der Waals surface area contributed by atoms with Gasteiger partial charge in [-0.2, -0.15) is 0 Å². The van der Waals surface area contributed by atoms with E-state index in [0.717, 1.165) is 40.4 Å². The number of ketones is 1. The van der Waals surface area contributed by atoms with Gasteiger partial charge in [-0.3, -0.25) is 4.79 Å². The van der Waals surface area contributed by atoms with Gasteiger partial charge in [-0.05, 0) is 25.3 Å². The minimum atomic E-state index is 0.123. The molecule has 0 saturated carbocycles. The van der Waals surface area contributed by atoms with E-state index in [-0.39, 0.29) is 5.78 Å². The fourth-order valence-corrected chi connectivity index (χ4v) is 2.99. The van der Waals surface area contributed by atoms with Gasteiger partial charge in [0.25, 0.3) is 0 Å². The molecule has 86 valence electrons. The third-order valence-corrected chi connectivity index (χ3v) is 4.01. The minimum Gasteiger partial charge on any atom is -0.454 e. The molecule has 0 saturated heterocycles. The van der Waals surface area contributed by atoms with E-state index in [9.17, 15) is 4.79 Å². The molecule has 1 aromatic carbocycles. The third-order valence-electron chi connectivity index (χ3n) is 3.01. The highest BCUT2D eigenvalue weighted by molar-refractivity contribution is 8.05. The zero-order valence-corrected chi connectivity index (χ0v) is 10.3. The maximum atomic E-state index is 12.3. The fourth-order valence-electron chi connectivity index (χ4n) is 2.15. The van der Waals surface area contributed by atoms with Crippen LogP contribution >= 0.6 is 11.8 Å². The summed E-state index contributed by atoms with van der Waals surface area (Å²) in [6, 6.07) is 7.82. The van der Waals surface area contributed by atoms with Crippen molar-refractivity contribution >= 4 is 17.5 Å². The number of thioether (sulfide) groups is 1. The largest absolute Gasteiger partial charge is 0.454 e. The summed E-state index contributed by atoms with van der Waals surface area (Å²) in [6.07, 6.45) is 1.70. The number of carbonyl (C=O) groups excluding carboxylic acids is 1. The van der Waals surface area contributed by atoms with Gasteiger partial charge in [-0.15, -0.1) is 0 Å². The Morgan fingerprint density at radius 1 is 1.24 bits per heavy atom. The van der Waals surface area contributed by atoms with E-state index in [1.165, 1.54) is 11.8 Å². The van der Waals surface area contributed by atoms with Crippen molar-refractivity contribution < 1.29 is 9.53 Å². The average molecular weight is 244 g/mol. The molecule has 0 bridgehead atoms. The predicted octanol–water partition coefficient (Wildman–Crippen LogP) is 3.65. The number of hydrogen-bond acceptors (Lipinski definition) is 3. The number of aryl methyl sites for hydroxylation is 1. The summed E-state index contributed by atoms with van der Waals surface area (Å²) in [6.45, 7) is 1.90. The summed E-state index contributed by atoms with van der Waals surface area (Å²) in [5, 5.41) is 2.71. The SMILES string of the molecule is CC1=CS/C(=C2\CCc3ccccc3C2=O)O1. The molecular formula is C14H12O2S. The van der Waals surface area contributed by atoms with Gasteiger partial charge >= 0.3 is 0 Å². The van der Waals surface area contributed by atoms with E-state index < -0.39 is 0 Å². The molecule has 1 heterocycles. The van der Waals surface area contributed by atoms with E-state index >= 15 is 0 Å². The Hall–Kier alpha value is -1.48. The van der Waals surface area contributed by atoms with E-state index in [2.05, 4.69) is 0 Å². The van der Waals surface area contributed by atoms with Crippen molar-refractivity contribution in [3.05, 3.63) is 57.2 Å². The second-order valence-corrected chi connectivity index (χ2v) is 5.04. The van der Waals surface area contributed by atoms with Crippen LogP contribution in [0.15, 0.2) is 46.1 Å². The first-order chi connectivity index (χ1) is 8.25. The molecule has 0 amide bonds. The van der Waals surface area contributed by atoms with E-state index in [1.807, 2.05) is 36.6 Å². The zero-order valence-electron chi connectivity index (χ0n) is 9.53. The number of hydrogen-bond donors (Lipinski definition) is 0. The molecule has 0 aromatic heterocycles. The molecule has 0 fully saturated rings. The lowest BCUT2D eigenvalue weighted by Crippen LogP contribution is -2.15. The lowest BCUT2D eigenvalue weighted by molar-refractivity contribution is 0.102. The minimum absolute atomic E-state index is 0.123. The van der Waals surface area contributed by atoms with Gasteiger partial charge in [0.15, 0.2) is 10.9 Å². The maximum absolute atomic E-state index is 12.3. The van der Waals surface area contributed by atoms with E-state index in [4.69, 9.17) is 4.74 Å². The third kappa shape index (κ3) is 1.80. The summed E-state index contributed by atoms with van der Waals surface area (Å²) in [4.78, 5) is 12.3. The van der Waals surface area contributed by atoms with E-state index in [1.54, 1.807) is 0 Å². The van der Waals surface area contributed by atoms with Crippen LogP contribution in [0.2, 0.25) is 0 Å². The number of ether oxygens (including phenoxy) is 1. The Labute approximate surface area is 104 Å². The van der Waals surface area contributed by atoms with Crippen LogP contribution in [0.4, 0.5) is 0 Å². The number of fused-ring (bicyclic) bond motifs is 1. The molecule has 1 aliphatic carbocycles. The number of benzene rings is 1. The van der Waals surface area contributed by atoms with Crippen molar-refractivity contribution in [2.24, 2.45) is 0 Å². The number of allylic oxidation sites excluding steroid dienone is 2. The van der Waals surface area contributed by atoms with Crippen LogP contribution in [-0.4, -0.2) is 5.78 Å². The fraction of sp³-hybridized carbons (Fsp3) is 0.214. The van der Waals surface area contributed by atoms with Crippen LogP contribution in [0.25, 0.3) is 0 Å². The first kappa shape index (κ1) is 10.7. The summed E-state index contributed by atoms with van der Waals surface area (Å²) in [5.74, 6) is 0.988. The quantitative estimate of drug-likeness (QED) is 0.652. The summed E-state index contributed by atoms with van der Waals surface area (Å²) in [5.41, 5.74) is 2.80. The molecule has 0 unspecified atom stereocenters. The Morgan fingerprint density at radius 2 is 2.06 bits per heavy atom. The highest BCUT2D eigenvalue weighted by atomic mass is 32.2. The standard InChI is InChI=1S/C14H12O2S/c1-9-8-17-14(16-9)12-7-6-10-4-2-3-5-11(10)13(12)15/h2-5,8H,6-7H2,1H3/b14-12+. The Morgan fingerprint density at radius 3 is 2.82 bits per heavy atom. The molecule has 0 spiro atoms. The van der Waals surface area contributed by atoms with Crippen LogP contribution in [0, 0.1) is 0 Å². The number of rotatable bonds is 0. The van der Waals surface area contributed by atoms with E-state index in [0.29, 0.717) is 0 Å². The molecule has 1 aromatic rings. The molecule has 0 radical (unpaired) electrons. The molecule has 17 heavy (non-hydrogen) atoms. The lowest BCUT2D eigenvalue weighted by Gasteiger charge is -2.18.